The van der Waals surface area contributed by atoms with Crippen LogP contribution in [0.1, 0.15) is 50.8 Å². The maximum absolute atomic E-state index is 12.4. The molecule has 2 aromatic heterocycles. The second-order valence-electron chi connectivity index (χ2n) is 10.1. The van der Waals surface area contributed by atoms with E-state index in [2.05, 4.69) is 33.9 Å². The minimum atomic E-state index is -0.473. The summed E-state index contributed by atoms with van der Waals surface area (Å²) in [5, 5.41) is 5.83. The van der Waals surface area contributed by atoms with E-state index in [9.17, 15) is 4.79 Å². The van der Waals surface area contributed by atoms with Gasteiger partial charge in [0.1, 0.15) is 11.4 Å². The van der Waals surface area contributed by atoms with Crippen LogP contribution in [0.4, 0.5) is 4.79 Å². The number of methoxy groups -OCH3 is 1. The molecule has 1 amide bonds. The van der Waals surface area contributed by atoms with E-state index in [4.69, 9.17) is 9.47 Å². The summed E-state index contributed by atoms with van der Waals surface area (Å²) in [7, 11) is 1.68. The zero-order valence-electron chi connectivity index (χ0n) is 19.6. The number of rotatable bonds is 5. The third-order valence-electron chi connectivity index (χ3n) is 6.44. The first-order chi connectivity index (χ1) is 15.2. The highest BCUT2D eigenvalue weighted by Gasteiger charge is 2.36. The average Bonchev–Trinajstić information content (AvgIpc) is 3.32. The van der Waals surface area contributed by atoms with Gasteiger partial charge in [0, 0.05) is 30.9 Å². The maximum atomic E-state index is 12.4. The highest BCUT2D eigenvalue weighted by molar-refractivity contribution is 5.87. The molecule has 7 heteroatoms. The largest absolute Gasteiger partial charge is 0.493 e. The number of carbonyl (C=O) groups is 1. The molecular weight excluding hydrogens is 404 g/mol. The second kappa shape index (κ2) is 7.57. The van der Waals surface area contributed by atoms with Crippen molar-refractivity contribution in [3.05, 3.63) is 41.7 Å². The number of ether oxygens (including phenoxy) is 2. The first-order valence-electron chi connectivity index (χ1n) is 11.4. The third-order valence-corrected chi connectivity index (χ3v) is 6.44. The summed E-state index contributed by atoms with van der Waals surface area (Å²) in [4.78, 5) is 14.2. The fourth-order valence-electron chi connectivity index (χ4n) is 4.56. The van der Waals surface area contributed by atoms with Gasteiger partial charge in [-0.3, -0.25) is 0 Å². The molecule has 0 unspecified atom stereocenters. The summed E-state index contributed by atoms with van der Waals surface area (Å²) < 4.78 is 15.4. The Kier molecular flexibility index (Phi) is 4.95. The number of likely N-dealkylation sites (tertiary alicyclic amines) is 1. The molecule has 7 nitrogen and oxygen atoms in total. The van der Waals surface area contributed by atoms with Crippen molar-refractivity contribution in [1.29, 1.82) is 0 Å². The average molecular weight is 437 g/mol. The Bertz CT molecular complexity index is 1160. The van der Waals surface area contributed by atoms with Crippen LogP contribution in [-0.2, 0) is 11.3 Å². The molecule has 2 fully saturated rings. The Balaban J connectivity index is 1.50. The lowest BCUT2D eigenvalue weighted by atomic mass is 9.90. The summed E-state index contributed by atoms with van der Waals surface area (Å²) in [5.41, 5.74) is 3.08. The molecule has 1 aromatic carbocycles. The van der Waals surface area contributed by atoms with E-state index in [0.29, 0.717) is 19.0 Å². The molecule has 5 rings (SSSR count). The molecule has 1 aliphatic carbocycles. The van der Waals surface area contributed by atoms with Crippen molar-refractivity contribution in [2.75, 3.05) is 20.2 Å². The van der Waals surface area contributed by atoms with E-state index in [0.717, 1.165) is 29.7 Å². The van der Waals surface area contributed by atoms with Gasteiger partial charge < -0.3 is 18.9 Å². The molecule has 3 heterocycles. The predicted octanol–water partition coefficient (Wildman–Crippen LogP) is 4.89. The highest BCUT2D eigenvalue weighted by atomic mass is 16.6. The molecule has 0 spiro atoms. The topological polar surface area (TPSA) is 61.5 Å². The van der Waals surface area contributed by atoms with Gasteiger partial charge in [0.2, 0.25) is 0 Å². The van der Waals surface area contributed by atoms with E-state index in [1.54, 1.807) is 18.2 Å². The van der Waals surface area contributed by atoms with Crippen molar-refractivity contribution in [2.45, 2.75) is 58.6 Å². The normalized spacial score (nSPS) is 17.0. The van der Waals surface area contributed by atoms with E-state index >= 15 is 0 Å². The highest BCUT2D eigenvalue weighted by Crippen LogP contribution is 2.39. The van der Waals surface area contributed by atoms with Crippen molar-refractivity contribution in [1.82, 2.24) is 19.2 Å². The summed E-state index contributed by atoms with van der Waals surface area (Å²) >= 11 is 0. The zero-order valence-corrected chi connectivity index (χ0v) is 19.6. The first-order valence-corrected chi connectivity index (χ1v) is 11.4. The van der Waals surface area contributed by atoms with Gasteiger partial charge in [-0.1, -0.05) is 18.2 Å². The maximum Gasteiger partial charge on any atom is 0.410 e. The van der Waals surface area contributed by atoms with Crippen LogP contribution in [0.15, 0.2) is 30.5 Å². The molecule has 32 heavy (non-hydrogen) atoms. The van der Waals surface area contributed by atoms with E-state index in [1.165, 1.54) is 29.3 Å². The number of para-hydroxylation sites is 1. The molecule has 1 aliphatic heterocycles. The van der Waals surface area contributed by atoms with E-state index in [1.807, 2.05) is 32.4 Å². The summed E-state index contributed by atoms with van der Waals surface area (Å²) in [6.45, 7) is 10.1. The molecule has 3 aromatic rings. The monoisotopic (exact) mass is 436 g/mol. The van der Waals surface area contributed by atoms with Crippen molar-refractivity contribution < 1.29 is 14.3 Å². The molecule has 170 valence electrons. The SMILES string of the molecule is COc1cnn(-c2cc3cccc(C4CN(C(=O)OC(C)(C)C)C4)c3n2CC2CC2)c1C. The van der Waals surface area contributed by atoms with Crippen LogP contribution in [0, 0.1) is 12.8 Å². The Hall–Kier alpha value is -2.96. The second-order valence-corrected chi connectivity index (χ2v) is 10.1. The Labute approximate surface area is 188 Å². The van der Waals surface area contributed by atoms with Crippen LogP contribution < -0.4 is 4.74 Å². The number of hydrogen-bond donors (Lipinski definition) is 0. The number of nitrogens with zero attached hydrogens (tertiary/aromatic N) is 4. The number of benzene rings is 1. The van der Waals surface area contributed by atoms with Gasteiger partial charge in [0.15, 0.2) is 5.75 Å². The van der Waals surface area contributed by atoms with Crippen LogP contribution in [0.5, 0.6) is 5.75 Å². The quantitative estimate of drug-likeness (QED) is 0.571. The summed E-state index contributed by atoms with van der Waals surface area (Å²) in [6.07, 6.45) is 4.10. The first kappa shape index (κ1) is 20.9. The smallest absolute Gasteiger partial charge is 0.410 e. The number of amides is 1. The van der Waals surface area contributed by atoms with Crippen LogP contribution in [0.3, 0.4) is 0 Å². The molecule has 0 bridgehead atoms. The van der Waals surface area contributed by atoms with Gasteiger partial charge in [0.25, 0.3) is 0 Å². The number of hydrogen-bond acceptors (Lipinski definition) is 4. The van der Waals surface area contributed by atoms with Crippen molar-refractivity contribution >= 4 is 17.0 Å². The van der Waals surface area contributed by atoms with Crippen LogP contribution in [-0.4, -0.2) is 51.1 Å². The molecular formula is C25H32N4O3. The van der Waals surface area contributed by atoms with Gasteiger partial charge in [-0.2, -0.15) is 5.10 Å². The Morgan fingerprint density at radius 2 is 1.97 bits per heavy atom. The van der Waals surface area contributed by atoms with Gasteiger partial charge in [-0.05, 0) is 58.1 Å². The fourth-order valence-corrected chi connectivity index (χ4v) is 4.56. The lowest BCUT2D eigenvalue weighted by Crippen LogP contribution is -2.50. The third kappa shape index (κ3) is 3.74. The number of aromatic nitrogens is 3. The molecule has 0 radical (unpaired) electrons. The number of carbonyl (C=O) groups excluding carboxylic acids is 1. The molecule has 2 aliphatic rings. The molecule has 1 saturated carbocycles. The minimum absolute atomic E-state index is 0.228. The summed E-state index contributed by atoms with van der Waals surface area (Å²) in [5.74, 6) is 2.89. The van der Waals surface area contributed by atoms with Crippen LogP contribution in [0.25, 0.3) is 16.7 Å². The predicted molar refractivity (Wildman–Crippen MR) is 124 cm³/mol. The summed E-state index contributed by atoms with van der Waals surface area (Å²) in [6, 6.07) is 8.73. The van der Waals surface area contributed by atoms with Gasteiger partial charge >= 0.3 is 6.09 Å². The van der Waals surface area contributed by atoms with Crippen LogP contribution in [0.2, 0.25) is 0 Å². The lowest BCUT2D eigenvalue weighted by Gasteiger charge is -2.40. The molecule has 1 saturated heterocycles. The van der Waals surface area contributed by atoms with Gasteiger partial charge in [-0.25, -0.2) is 9.48 Å². The Morgan fingerprint density at radius 1 is 1.22 bits per heavy atom. The van der Waals surface area contributed by atoms with Crippen molar-refractivity contribution in [2.24, 2.45) is 5.92 Å². The van der Waals surface area contributed by atoms with Gasteiger partial charge in [-0.15, -0.1) is 0 Å². The van der Waals surface area contributed by atoms with E-state index < -0.39 is 5.60 Å². The number of fused-ring (bicyclic) bond motifs is 1. The standard InChI is InChI=1S/C25H32N4O3/c1-16-21(31-5)12-26-29(16)22-11-18-7-6-8-20(23(18)28(22)13-17-9-10-17)19-14-27(15-19)24(30)32-25(2,3)4/h6-8,11-12,17,19H,9-10,13-15H2,1-5H3. The molecule has 0 atom stereocenters. The minimum Gasteiger partial charge on any atom is -0.493 e. The van der Waals surface area contributed by atoms with Gasteiger partial charge in [0.05, 0.1) is 24.5 Å². The fraction of sp³-hybridized carbons (Fsp3) is 0.520. The van der Waals surface area contributed by atoms with Crippen molar-refractivity contribution in [3.8, 4) is 11.6 Å². The Morgan fingerprint density at radius 3 is 2.59 bits per heavy atom. The van der Waals surface area contributed by atoms with Crippen LogP contribution >= 0.6 is 0 Å². The zero-order chi connectivity index (χ0) is 22.6. The van der Waals surface area contributed by atoms with Crippen molar-refractivity contribution in [3.63, 3.8) is 0 Å². The lowest BCUT2D eigenvalue weighted by molar-refractivity contribution is 0.00827. The van der Waals surface area contributed by atoms with E-state index in [-0.39, 0.29) is 6.09 Å². The molecule has 0 N–H and O–H groups in total.